The second kappa shape index (κ2) is 16.7. The maximum absolute atomic E-state index is 11.1. The van der Waals surface area contributed by atoms with E-state index in [1.807, 2.05) is 6.92 Å². The first-order valence-corrected chi connectivity index (χ1v) is 10.8. The lowest BCUT2D eigenvalue weighted by atomic mass is 10.1. The number of nitrogens with two attached hydrogens (primary N) is 1. The number of H-pyrrole nitrogens is 1. The molecule has 0 spiro atoms. The third kappa shape index (κ3) is 13.4. The van der Waals surface area contributed by atoms with Crippen LogP contribution >= 0.6 is 0 Å². The molecule has 1 rings (SSSR count). The second-order valence-electron chi connectivity index (χ2n) is 7.28. The average Bonchev–Trinajstić information content (AvgIpc) is 2.67. The summed E-state index contributed by atoms with van der Waals surface area (Å²) >= 11 is 0. The van der Waals surface area contributed by atoms with E-state index in [0.29, 0.717) is 5.82 Å². The Balaban J connectivity index is 1.79. The first-order valence-electron chi connectivity index (χ1n) is 10.8. The van der Waals surface area contributed by atoms with Crippen LogP contribution in [0.4, 0.5) is 5.82 Å². The summed E-state index contributed by atoms with van der Waals surface area (Å²) in [5.41, 5.74) is 5.82. The summed E-state index contributed by atoms with van der Waals surface area (Å²) in [4.78, 5) is 15.0. The first kappa shape index (κ1) is 23.6. The lowest BCUT2D eigenvalue weighted by Gasteiger charge is -2.07. The fourth-order valence-corrected chi connectivity index (χ4v) is 3.07. The highest BCUT2D eigenvalue weighted by atomic mass is 16.1. The third-order valence-electron chi connectivity index (χ3n) is 4.76. The van der Waals surface area contributed by atoms with E-state index in [-0.39, 0.29) is 0 Å². The van der Waals surface area contributed by atoms with Crippen molar-refractivity contribution < 1.29 is 0 Å². The lowest BCUT2D eigenvalue weighted by Crippen LogP contribution is -2.17. The Labute approximate surface area is 164 Å². The van der Waals surface area contributed by atoms with Crippen LogP contribution in [0.1, 0.15) is 82.7 Å². The number of aromatic nitrogens is 3. The van der Waals surface area contributed by atoms with Crippen molar-refractivity contribution in [2.24, 2.45) is 5.73 Å². The van der Waals surface area contributed by atoms with Gasteiger partial charge in [-0.05, 0) is 52.2 Å². The number of hydrogen-bond donors (Lipinski definition) is 4. The fourth-order valence-electron chi connectivity index (χ4n) is 3.07. The van der Waals surface area contributed by atoms with Crippen LogP contribution in [-0.2, 0) is 0 Å². The van der Waals surface area contributed by atoms with Crippen LogP contribution in [-0.4, -0.2) is 41.4 Å². The van der Waals surface area contributed by atoms with E-state index in [4.69, 9.17) is 5.73 Å². The number of hydrogen-bond acceptors (Lipinski definition) is 6. The molecule has 0 aliphatic heterocycles. The summed E-state index contributed by atoms with van der Waals surface area (Å²) in [6.07, 6.45) is 15.2. The largest absolute Gasteiger partial charge is 0.368 e. The predicted molar refractivity (Wildman–Crippen MR) is 113 cm³/mol. The molecule has 0 atom stereocenters. The normalized spacial score (nSPS) is 11.0. The minimum atomic E-state index is -0.403. The molecule has 0 bridgehead atoms. The van der Waals surface area contributed by atoms with E-state index >= 15 is 0 Å². The molecule has 0 saturated carbocycles. The molecule has 156 valence electrons. The molecule has 0 amide bonds. The molecule has 0 fully saturated rings. The van der Waals surface area contributed by atoms with Crippen LogP contribution < -0.4 is 22.1 Å². The molecule has 0 aliphatic rings. The standard InChI is InChI=1S/C20H40N6O/c1-18-19(24-20(27)26-25-18)23-17-13-9-5-4-8-12-16-22-15-11-7-3-2-6-10-14-21/h22H,2-17,21H2,1H3,(H2,23,24,26,27). The molecule has 27 heavy (non-hydrogen) atoms. The Morgan fingerprint density at radius 2 is 1.33 bits per heavy atom. The smallest absolute Gasteiger partial charge is 0.363 e. The number of anilines is 1. The molecule has 0 saturated heterocycles. The topological polar surface area (TPSA) is 109 Å². The zero-order chi connectivity index (χ0) is 19.6. The van der Waals surface area contributed by atoms with Gasteiger partial charge in [-0.3, -0.25) is 0 Å². The van der Waals surface area contributed by atoms with Crippen molar-refractivity contribution in [2.45, 2.75) is 84.0 Å². The van der Waals surface area contributed by atoms with E-state index in [1.165, 1.54) is 70.6 Å². The molecule has 1 aromatic rings. The number of unbranched alkanes of at least 4 members (excludes halogenated alkanes) is 10. The van der Waals surface area contributed by atoms with Gasteiger partial charge in [0.05, 0.1) is 0 Å². The molecule has 7 nitrogen and oxygen atoms in total. The quantitative estimate of drug-likeness (QED) is 0.291. The molecule has 0 unspecified atom stereocenters. The number of aromatic amines is 1. The van der Waals surface area contributed by atoms with Gasteiger partial charge in [-0.25, -0.2) is 9.89 Å². The molecule has 7 heteroatoms. The van der Waals surface area contributed by atoms with Gasteiger partial charge >= 0.3 is 5.69 Å². The van der Waals surface area contributed by atoms with Crippen LogP contribution in [0.15, 0.2) is 4.79 Å². The Morgan fingerprint density at radius 1 is 0.815 bits per heavy atom. The van der Waals surface area contributed by atoms with Crippen LogP contribution in [0.25, 0.3) is 0 Å². The highest BCUT2D eigenvalue weighted by molar-refractivity contribution is 5.37. The molecule has 5 N–H and O–H groups in total. The van der Waals surface area contributed by atoms with Gasteiger partial charge in [0, 0.05) is 6.54 Å². The predicted octanol–water partition coefficient (Wildman–Crippen LogP) is 3.11. The van der Waals surface area contributed by atoms with Crippen molar-refractivity contribution in [2.75, 3.05) is 31.5 Å². The second-order valence-corrected chi connectivity index (χ2v) is 7.28. The number of rotatable bonds is 18. The molecular weight excluding hydrogens is 340 g/mol. The molecule has 1 aromatic heterocycles. The van der Waals surface area contributed by atoms with Gasteiger partial charge < -0.3 is 16.4 Å². The molecule has 0 aliphatic carbocycles. The Morgan fingerprint density at radius 3 is 1.93 bits per heavy atom. The van der Waals surface area contributed by atoms with Gasteiger partial charge in [0.2, 0.25) is 0 Å². The van der Waals surface area contributed by atoms with Crippen molar-refractivity contribution in [3.63, 3.8) is 0 Å². The van der Waals surface area contributed by atoms with Gasteiger partial charge in [-0.15, -0.1) is 0 Å². The minimum absolute atomic E-state index is 0.403. The number of nitrogens with zero attached hydrogens (tertiary/aromatic N) is 2. The summed E-state index contributed by atoms with van der Waals surface area (Å²) in [7, 11) is 0. The third-order valence-corrected chi connectivity index (χ3v) is 4.76. The van der Waals surface area contributed by atoms with Crippen molar-refractivity contribution in [1.82, 2.24) is 20.5 Å². The summed E-state index contributed by atoms with van der Waals surface area (Å²) in [5, 5.41) is 13.0. The highest BCUT2D eigenvalue weighted by Crippen LogP contribution is 2.08. The maximum Gasteiger partial charge on any atom is 0.363 e. The van der Waals surface area contributed by atoms with Gasteiger partial charge in [0.25, 0.3) is 0 Å². The van der Waals surface area contributed by atoms with Crippen molar-refractivity contribution >= 4 is 5.82 Å². The fraction of sp³-hybridized carbons (Fsp3) is 0.850. The van der Waals surface area contributed by atoms with Gasteiger partial charge in [0.15, 0.2) is 5.82 Å². The van der Waals surface area contributed by atoms with Gasteiger partial charge in [0.1, 0.15) is 5.69 Å². The van der Waals surface area contributed by atoms with E-state index < -0.39 is 5.69 Å². The van der Waals surface area contributed by atoms with E-state index in [9.17, 15) is 4.79 Å². The maximum atomic E-state index is 11.1. The van der Waals surface area contributed by atoms with E-state index in [1.54, 1.807) is 0 Å². The zero-order valence-corrected chi connectivity index (χ0v) is 17.2. The van der Waals surface area contributed by atoms with Crippen LogP contribution in [0.2, 0.25) is 0 Å². The first-order chi connectivity index (χ1) is 13.2. The zero-order valence-electron chi connectivity index (χ0n) is 17.2. The Hall–Kier alpha value is -1.47. The van der Waals surface area contributed by atoms with Crippen molar-refractivity contribution in [3.05, 3.63) is 16.2 Å². The summed E-state index contributed by atoms with van der Waals surface area (Å²) in [6.45, 7) is 5.82. The van der Waals surface area contributed by atoms with Crippen LogP contribution in [0, 0.1) is 6.92 Å². The average molecular weight is 381 g/mol. The Kier molecular flexibility index (Phi) is 14.6. The minimum Gasteiger partial charge on any atom is -0.368 e. The Bertz CT molecular complexity index is 519. The summed E-state index contributed by atoms with van der Waals surface area (Å²) < 4.78 is 0. The molecule has 0 aromatic carbocycles. The van der Waals surface area contributed by atoms with E-state index in [0.717, 1.165) is 38.3 Å². The summed E-state index contributed by atoms with van der Waals surface area (Å²) in [6, 6.07) is 0. The van der Waals surface area contributed by atoms with E-state index in [2.05, 4.69) is 25.8 Å². The summed E-state index contributed by atoms with van der Waals surface area (Å²) in [5.74, 6) is 0.598. The van der Waals surface area contributed by atoms with Gasteiger partial charge in [-0.1, -0.05) is 51.4 Å². The van der Waals surface area contributed by atoms with Crippen molar-refractivity contribution in [3.8, 4) is 0 Å². The number of nitrogens with one attached hydrogen (secondary N) is 3. The SMILES string of the molecule is Cc1n[nH]c(=O)nc1NCCCCCCCCNCCCCCCCCN. The van der Waals surface area contributed by atoms with Crippen LogP contribution in [0.5, 0.6) is 0 Å². The van der Waals surface area contributed by atoms with Crippen molar-refractivity contribution in [1.29, 1.82) is 0 Å². The van der Waals surface area contributed by atoms with Gasteiger partial charge in [-0.2, -0.15) is 10.1 Å². The number of aryl methyl sites for hydroxylation is 1. The molecular formula is C20H40N6O. The van der Waals surface area contributed by atoms with Crippen LogP contribution in [0.3, 0.4) is 0 Å². The monoisotopic (exact) mass is 380 g/mol. The molecule has 0 radical (unpaired) electrons. The highest BCUT2D eigenvalue weighted by Gasteiger charge is 2.01. The lowest BCUT2D eigenvalue weighted by molar-refractivity contribution is 0.541. The molecule has 1 heterocycles.